The van der Waals surface area contributed by atoms with Crippen LogP contribution in [0.2, 0.25) is 0 Å². The van der Waals surface area contributed by atoms with Gasteiger partial charge in [0.25, 0.3) is 0 Å². The molecule has 1 aliphatic heterocycles. The molecule has 0 bridgehead atoms. The first-order valence-electron chi connectivity index (χ1n) is 5.10. The highest BCUT2D eigenvalue weighted by atomic mass is 16.6. The minimum Gasteiger partial charge on any atom is -0.446 e. The third-order valence-corrected chi connectivity index (χ3v) is 2.64. The van der Waals surface area contributed by atoms with E-state index < -0.39 is 0 Å². The summed E-state index contributed by atoms with van der Waals surface area (Å²) < 4.78 is 5.20. The van der Waals surface area contributed by atoms with Gasteiger partial charge in [-0.25, -0.2) is 4.79 Å². The van der Waals surface area contributed by atoms with Crippen molar-refractivity contribution in [3.8, 4) is 0 Å². The highest BCUT2D eigenvalue weighted by Crippen LogP contribution is 2.17. The van der Waals surface area contributed by atoms with Gasteiger partial charge in [-0.15, -0.1) is 0 Å². The number of nitrogens with zero attached hydrogens (tertiary/aromatic N) is 1. The summed E-state index contributed by atoms with van der Waals surface area (Å²) in [7, 11) is 0. The fourth-order valence-corrected chi connectivity index (χ4v) is 1.45. The summed E-state index contributed by atoms with van der Waals surface area (Å²) in [5.74, 6) is 0.453. The lowest BCUT2D eigenvalue weighted by atomic mass is 10.0. The maximum absolute atomic E-state index is 11.4. The molecule has 0 spiro atoms. The van der Waals surface area contributed by atoms with Gasteiger partial charge in [0.05, 0.1) is 0 Å². The second-order valence-electron chi connectivity index (χ2n) is 3.87. The highest BCUT2D eigenvalue weighted by Gasteiger charge is 2.29. The Balaban J connectivity index is 2.42. The lowest BCUT2D eigenvalue weighted by Crippen LogP contribution is -2.46. The zero-order valence-electron chi connectivity index (χ0n) is 8.75. The second-order valence-corrected chi connectivity index (χ2v) is 3.87. The zero-order chi connectivity index (χ0) is 9.84. The number of cyclic esters (lactones) is 1. The molecule has 1 amide bonds. The van der Waals surface area contributed by atoms with Crippen molar-refractivity contribution < 1.29 is 9.53 Å². The summed E-state index contributed by atoms with van der Waals surface area (Å²) in [6.45, 7) is 7.89. The molecule has 0 radical (unpaired) electrons. The number of rotatable bonds is 3. The molecule has 76 valence electrons. The maximum Gasteiger partial charge on any atom is 0.410 e. The van der Waals surface area contributed by atoms with Crippen LogP contribution in [0.15, 0.2) is 0 Å². The zero-order valence-corrected chi connectivity index (χ0v) is 8.75. The normalized spacial score (nSPS) is 28.8. The van der Waals surface area contributed by atoms with E-state index in [0.717, 1.165) is 25.9 Å². The molecule has 1 aliphatic rings. The number of unbranched alkanes of at least 4 members (excludes halogenated alkanes) is 1. The van der Waals surface area contributed by atoms with E-state index in [0.29, 0.717) is 5.92 Å². The number of carbonyl (C=O) groups excluding carboxylic acids is 1. The predicted octanol–water partition coefficient (Wildman–Crippen LogP) is 2.26. The molecular weight excluding hydrogens is 166 g/mol. The van der Waals surface area contributed by atoms with E-state index in [2.05, 4.69) is 13.8 Å². The van der Waals surface area contributed by atoms with Crippen molar-refractivity contribution in [2.45, 2.75) is 39.7 Å². The average Bonchev–Trinajstić information content (AvgIpc) is 2.09. The third-order valence-electron chi connectivity index (χ3n) is 2.64. The SMILES string of the molecule is CCCCN1C[C@@H](C)[C@H](C)OC1=O. The summed E-state index contributed by atoms with van der Waals surface area (Å²) in [5, 5.41) is 0. The van der Waals surface area contributed by atoms with E-state index in [1.165, 1.54) is 0 Å². The molecule has 1 rings (SSSR count). The number of hydrogen-bond acceptors (Lipinski definition) is 2. The Morgan fingerprint density at radius 3 is 2.85 bits per heavy atom. The van der Waals surface area contributed by atoms with Crippen LogP contribution in [-0.2, 0) is 4.74 Å². The first-order chi connectivity index (χ1) is 6.15. The second kappa shape index (κ2) is 4.49. The number of ether oxygens (including phenoxy) is 1. The molecule has 1 fully saturated rings. The quantitative estimate of drug-likeness (QED) is 0.675. The molecule has 2 atom stereocenters. The van der Waals surface area contributed by atoms with Crippen molar-refractivity contribution in [2.24, 2.45) is 5.92 Å². The van der Waals surface area contributed by atoms with Gasteiger partial charge in [0.15, 0.2) is 0 Å². The average molecular weight is 185 g/mol. The van der Waals surface area contributed by atoms with Crippen LogP contribution < -0.4 is 0 Å². The lowest BCUT2D eigenvalue weighted by Gasteiger charge is -2.34. The predicted molar refractivity (Wildman–Crippen MR) is 51.6 cm³/mol. The van der Waals surface area contributed by atoms with Crippen molar-refractivity contribution >= 4 is 6.09 Å². The van der Waals surface area contributed by atoms with Gasteiger partial charge in [-0.3, -0.25) is 0 Å². The fraction of sp³-hybridized carbons (Fsp3) is 0.900. The molecule has 0 aromatic carbocycles. The van der Waals surface area contributed by atoms with Gasteiger partial charge in [-0.2, -0.15) is 0 Å². The minimum absolute atomic E-state index is 0.0744. The summed E-state index contributed by atoms with van der Waals surface area (Å²) in [5.41, 5.74) is 0. The molecular formula is C10H19NO2. The summed E-state index contributed by atoms with van der Waals surface area (Å²) in [4.78, 5) is 13.2. The Bertz CT molecular complexity index is 182. The van der Waals surface area contributed by atoms with Crippen LogP contribution in [-0.4, -0.2) is 30.2 Å². The standard InChI is InChI=1S/C10H19NO2/c1-4-5-6-11-7-8(2)9(3)13-10(11)12/h8-9H,4-7H2,1-3H3/t8-,9+/m1/s1. The molecule has 0 aromatic heterocycles. The van der Waals surface area contributed by atoms with Crippen LogP contribution in [0.5, 0.6) is 0 Å². The van der Waals surface area contributed by atoms with Gasteiger partial charge in [0.2, 0.25) is 0 Å². The maximum atomic E-state index is 11.4. The van der Waals surface area contributed by atoms with Gasteiger partial charge in [-0.05, 0) is 13.3 Å². The topological polar surface area (TPSA) is 29.5 Å². The van der Waals surface area contributed by atoms with Crippen molar-refractivity contribution in [2.75, 3.05) is 13.1 Å². The Labute approximate surface area is 80.1 Å². The van der Waals surface area contributed by atoms with E-state index in [9.17, 15) is 4.79 Å². The van der Waals surface area contributed by atoms with E-state index in [4.69, 9.17) is 4.74 Å². The first-order valence-corrected chi connectivity index (χ1v) is 5.10. The molecule has 0 unspecified atom stereocenters. The molecule has 0 N–H and O–H groups in total. The third kappa shape index (κ3) is 2.61. The lowest BCUT2D eigenvalue weighted by molar-refractivity contribution is 0.00232. The summed E-state index contributed by atoms with van der Waals surface area (Å²) in [6.07, 6.45) is 2.12. The molecule has 1 saturated heterocycles. The van der Waals surface area contributed by atoms with E-state index in [-0.39, 0.29) is 12.2 Å². The molecule has 0 aliphatic carbocycles. The molecule has 13 heavy (non-hydrogen) atoms. The molecule has 1 heterocycles. The van der Waals surface area contributed by atoms with E-state index in [1.54, 1.807) is 0 Å². The Morgan fingerprint density at radius 2 is 2.23 bits per heavy atom. The molecule has 0 saturated carbocycles. The van der Waals surface area contributed by atoms with Crippen LogP contribution in [0.4, 0.5) is 4.79 Å². The molecule has 0 aromatic rings. The van der Waals surface area contributed by atoms with Gasteiger partial charge in [0.1, 0.15) is 6.10 Å². The van der Waals surface area contributed by atoms with Crippen LogP contribution >= 0.6 is 0 Å². The van der Waals surface area contributed by atoms with E-state index >= 15 is 0 Å². The van der Waals surface area contributed by atoms with Crippen LogP contribution in [0.1, 0.15) is 33.6 Å². The van der Waals surface area contributed by atoms with Crippen molar-refractivity contribution in [1.82, 2.24) is 4.90 Å². The number of carbonyl (C=O) groups is 1. The first kappa shape index (κ1) is 10.4. The van der Waals surface area contributed by atoms with Crippen LogP contribution in [0.25, 0.3) is 0 Å². The Morgan fingerprint density at radius 1 is 1.54 bits per heavy atom. The summed E-state index contributed by atoms with van der Waals surface area (Å²) in [6, 6.07) is 0. The molecule has 3 nitrogen and oxygen atoms in total. The minimum atomic E-state index is -0.140. The molecule has 3 heteroatoms. The van der Waals surface area contributed by atoms with Crippen molar-refractivity contribution in [3.63, 3.8) is 0 Å². The van der Waals surface area contributed by atoms with Crippen LogP contribution in [0, 0.1) is 5.92 Å². The monoisotopic (exact) mass is 185 g/mol. The summed E-state index contributed by atoms with van der Waals surface area (Å²) >= 11 is 0. The smallest absolute Gasteiger partial charge is 0.410 e. The van der Waals surface area contributed by atoms with Gasteiger partial charge in [-0.1, -0.05) is 20.3 Å². The van der Waals surface area contributed by atoms with Gasteiger partial charge in [0, 0.05) is 19.0 Å². The van der Waals surface area contributed by atoms with Crippen molar-refractivity contribution in [1.29, 1.82) is 0 Å². The van der Waals surface area contributed by atoms with Crippen LogP contribution in [0.3, 0.4) is 0 Å². The number of amides is 1. The Hall–Kier alpha value is -0.730. The Kier molecular flexibility index (Phi) is 3.58. The van der Waals surface area contributed by atoms with Crippen molar-refractivity contribution in [3.05, 3.63) is 0 Å². The highest BCUT2D eigenvalue weighted by molar-refractivity contribution is 5.68. The van der Waals surface area contributed by atoms with E-state index in [1.807, 2.05) is 11.8 Å². The number of hydrogen-bond donors (Lipinski definition) is 0. The fourth-order valence-electron chi connectivity index (χ4n) is 1.45. The largest absolute Gasteiger partial charge is 0.446 e. The van der Waals surface area contributed by atoms with Gasteiger partial charge < -0.3 is 9.64 Å². The van der Waals surface area contributed by atoms with Gasteiger partial charge >= 0.3 is 6.09 Å².